The van der Waals surface area contributed by atoms with Gasteiger partial charge in [-0.3, -0.25) is 0 Å². The smallest absolute Gasteiger partial charge is 0.148 e. The van der Waals surface area contributed by atoms with Gasteiger partial charge in [0.05, 0.1) is 12.8 Å². The van der Waals surface area contributed by atoms with Gasteiger partial charge in [-0.1, -0.05) is 0 Å². The van der Waals surface area contributed by atoms with Gasteiger partial charge in [-0.05, 0) is 68.8 Å². The Hall–Kier alpha value is -2.14. The molecule has 0 unspecified atom stereocenters. The van der Waals surface area contributed by atoms with Gasteiger partial charge >= 0.3 is 0 Å². The van der Waals surface area contributed by atoms with Crippen molar-refractivity contribution in [2.75, 3.05) is 25.5 Å². The number of piperidine rings is 1. The van der Waals surface area contributed by atoms with E-state index in [9.17, 15) is 0 Å². The highest BCUT2D eigenvalue weighted by atomic mass is 16.5. The van der Waals surface area contributed by atoms with Gasteiger partial charge in [0.1, 0.15) is 11.6 Å². The Labute approximate surface area is 131 Å². The quantitative estimate of drug-likeness (QED) is 0.908. The molecule has 0 saturated carbocycles. The van der Waals surface area contributed by atoms with E-state index in [-0.39, 0.29) is 0 Å². The third-order valence-corrected chi connectivity index (χ3v) is 4.05. The summed E-state index contributed by atoms with van der Waals surface area (Å²) in [5.74, 6) is 1.74. The van der Waals surface area contributed by atoms with Gasteiger partial charge in [0.15, 0.2) is 0 Å². The SMILES string of the molecule is COc1ccc(-c2ccc(NC3CCNCC3)nn2)cc1C. The first-order valence-corrected chi connectivity index (χ1v) is 7.72. The second-order valence-electron chi connectivity index (χ2n) is 5.66. The van der Waals surface area contributed by atoms with Gasteiger partial charge in [0.25, 0.3) is 0 Å². The fraction of sp³-hybridized carbons (Fsp3) is 0.412. The molecular formula is C17H22N4O. The largest absolute Gasteiger partial charge is 0.496 e. The fourth-order valence-electron chi connectivity index (χ4n) is 2.78. The third kappa shape index (κ3) is 3.36. The van der Waals surface area contributed by atoms with Crippen LogP contribution in [0.1, 0.15) is 18.4 Å². The molecule has 2 heterocycles. The summed E-state index contributed by atoms with van der Waals surface area (Å²) in [6, 6.07) is 10.6. The number of hydrogen-bond acceptors (Lipinski definition) is 5. The summed E-state index contributed by atoms with van der Waals surface area (Å²) in [7, 11) is 1.68. The second kappa shape index (κ2) is 6.75. The van der Waals surface area contributed by atoms with Crippen LogP contribution < -0.4 is 15.4 Å². The number of hydrogen-bond donors (Lipinski definition) is 2. The first kappa shape index (κ1) is 14.8. The lowest BCUT2D eigenvalue weighted by Crippen LogP contribution is -2.35. The minimum atomic E-state index is 0.490. The molecule has 5 nitrogen and oxygen atoms in total. The number of ether oxygens (including phenoxy) is 1. The molecule has 22 heavy (non-hydrogen) atoms. The lowest BCUT2D eigenvalue weighted by atomic mass is 10.1. The van der Waals surface area contributed by atoms with Crippen LogP contribution in [-0.4, -0.2) is 36.4 Å². The van der Waals surface area contributed by atoms with E-state index in [4.69, 9.17) is 4.74 Å². The Bertz CT molecular complexity index is 621. The molecule has 0 bridgehead atoms. The van der Waals surface area contributed by atoms with Gasteiger partial charge in [-0.2, -0.15) is 0 Å². The van der Waals surface area contributed by atoms with Crippen LogP contribution in [0.15, 0.2) is 30.3 Å². The number of methoxy groups -OCH3 is 1. The average Bonchev–Trinajstić information content (AvgIpc) is 2.56. The molecule has 0 atom stereocenters. The molecule has 0 amide bonds. The van der Waals surface area contributed by atoms with Crippen molar-refractivity contribution in [3.05, 3.63) is 35.9 Å². The number of nitrogens with zero attached hydrogens (tertiary/aromatic N) is 2. The van der Waals surface area contributed by atoms with E-state index in [1.165, 1.54) is 0 Å². The number of nitrogens with one attached hydrogen (secondary N) is 2. The average molecular weight is 298 g/mol. The van der Waals surface area contributed by atoms with Gasteiger partial charge in [-0.15, -0.1) is 10.2 Å². The minimum Gasteiger partial charge on any atom is -0.496 e. The highest BCUT2D eigenvalue weighted by Gasteiger charge is 2.13. The van der Waals surface area contributed by atoms with Crippen LogP contribution in [0.25, 0.3) is 11.3 Å². The van der Waals surface area contributed by atoms with E-state index < -0.39 is 0 Å². The maximum absolute atomic E-state index is 5.29. The van der Waals surface area contributed by atoms with Crippen LogP contribution in [0.2, 0.25) is 0 Å². The van der Waals surface area contributed by atoms with Crippen molar-refractivity contribution in [3.63, 3.8) is 0 Å². The van der Waals surface area contributed by atoms with Crippen LogP contribution in [-0.2, 0) is 0 Å². The van der Waals surface area contributed by atoms with E-state index in [0.29, 0.717) is 6.04 Å². The molecule has 0 aliphatic carbocycles. The van der Waals surface area contributed by atoms with Crippen LogP contribution in [0.5, 0.6) is 5.75 Å². The zero-order chi connectivity index (χ0) is 15.4. The van der Waals surface area contributed by atoms with Crippen molar-refractivity contribution in [1.82, 2.24) is 15.5 Å². The molecule has 2 aromatic rings. The topological polar surface area (TPSA) is 59.1 Å². The van der Waals surface area contributed by atoms with Gasteiger partial charge in [-0.25, -0.2) is 0 Å². The van der Waals surface area contributed by atoms with Gasteiger partial charge in [0, 0.05) is 11.6 Å². The number of rotatable bonds is 4. The summed E-state index contributed by atoms with van der Waals surface area (Å²) >= 11 is 0. The van der Waals surface area contributed by atoms with Crippen molar-refractivity contribution in [3.8, 4) is 17.0 Å². The molecule has 3 rings (SSSR count). The number of anilines is 1. The van der Waals surface area contributed by atoms with Gasteiger partial charge in [0.2, 0.25) is 0 Å². The Morgan fingerprint density at radius 2 is 1.95 bits per heavy atom. The van der Waals surface area contributed by atoms with E-state index >= 15 is 0 Å². The van der Waals surface area contributed by atoms with E-state index in [2.05, 4.69) is 26.9 Å². The molecule has 1 aliphatic rings. The standard InChI is InChI=1S/C17H22N4O/c1-12-11-13(3-5-16(12)22-2)15-4-6-17(21-20-15)19-14-7-9-18-10-8-14/h3-6,11,14,18H,7-10H2,1-2H3,(H,19,21). The molecular weight excluding hydrogens is 276 g/mol. The predicted octanol–water partition coefficient (Wildman–Crippen LogP) is 2.62. The number of aromatic nitrogens is 2. The molecule has 116 valence electrons. The van der Waals surface area contributed by atoms with E-state index in [0.717, 1.165) is 54.3 Å². The molecule has 1 aromatic carbocycles. The van der Waals surface area contributed by atoms with Crippen LogP contribution in [0.4, 0.5) is 5.82 Å². The summed E-state index contributed by atoms with van der Waals surface area (Å²) in [6.45, 7) is 4.16. The highest BCUT2D eigenvalue weighted by molar-refractivity contribution is 5.62. The summed E-state index contributed by atoms with van der Waals surface area (Å²) in [4.78, 5) is 0. The molecule has 1 fully saturated rings. The maximum atomic E-state index is 5.29. The summed E-state index contributed by atoms with van der Waals surface area (Å²) in [5.41, 5.74) is 3.03. The molecule has 1 saturated heterocycles. The van der Waals surface area contributed by atoms with E-state index in [1.54, 1.807) is 7.11 Å². The Kier molecular flexibility index (Phi) is 4.53. The first-order chi connectivity index (χ1) is 10.8. The van der Waals surface area contributed by atoms with Crippen molar-refractivity contribution in [2.24, 2.45) is 0 Å². The van der Waals surface area contributed by atoms with E-state index in [1.807, 2.05) is 31.2 Å². The third-order valence-electron chi connectivity index (χ3n) is 4.05. The maximum Gasteiger partial charge on any atom is 0.148 e. The van der Waals surface area contributed by atoms with Crippen molar-refractivity contribution in [1.29, 1.82) is 0 Å². The highest BCUT2D eigenvalue weighted by Crippen LogP contribution is 2.25. The first-order valence-electron chi connectivity index (χ1n) is 7.72. The summed E-state index contributed by atoms with van der Waals surface area (Å²) < 4.78 is 5.29. The van der Waals surface area contributed by atoms with Crippen molar-refractivity contribution >= 4 is 5.82 Å². The van der Waals surface area contributed by atoms with Gasteiger partial charge < -0.3 is 15.4 Å². The molecule has 0 radical (unpaired) electrons. The van der Waals surface area contributed by atoms with Crippen molar-refractivity contribution in [2.45, 2.75) is 25.8 Å². The second-order valence-corrected chi connectivity index (χ2v) is 5.66. The molecule has 5 heteroatoms. The molecule has 0 spiro atoms. The normalized spacial score (nSPS) is 15.5. The summed E-state index contributed by atoms with van der Waals surface area (Å²) in [5, 5.41) is 15.5. The summed E-state index contributed by atoms with van der Waals surface area (Å²) in [6.07, 6.45) is 2.25. The molecule has 2 N–H and O–H groups in total. The molecule has 1 aliphatic heterocycles. The van der Waals surface area contributed by atoms with Crippen LogP contribution in [0, 0.1) is 6.92 Å². The Morgan fingerprint density at radius 3 is 2.59 bits per heavy atom. The van der Waals surface area contributed by atoms with Crippen LogP contribution in [0.3, 0.4) is 0 Å². The Morgan fingerprint density at radius 1 is 1.14 bits per heavy atom. The fourth-order valence-corrected chi connectivity index (χ4v) is 2.78. The Balaban J connectivity index is 1.72. The predicted molar refractivity (Wildman–Crippen MR) is 88.3 cm³/mol. The van der Waals surface area contributed by atoms with Crippen molar-refractivity contribution < 1.29 is 4.74 Å². The zero-order valence-electron chi connectivity index (χ0n) is 13.1. The lowest BCUT2D eigenvalue weighted by Gasteiger charge is -2.23. The number of aryl methyl sites for hydroxylation is 1. The molecule has 1 aromatic heterocycles. The van der Waals surface area contributed by atoms with Crippen LogP contribution >= 0.6 is 0 Å². The lowest BCUT2D eigenvalue weighted by molar-refractivity contribution is 0.412. The zero-order valence-corrected chi connectivity index (χ0v) is 13.1. The number of benzene rings is 1. The monoisotopic (exact) mass is 298 g/mol. The minimum absolute atomic E-state index is 0.490.